The van der Waals surface area contributed by atoms with Gasteiger partial charge in [0.25, 0.3) is 11.4 Å². The van der Waals surface area contributed by atoms with Crippen LogP contribution in [0.15, 0.2) is 29.2 Å². The van der Waals surface area contributed by atoms with E-state index < -0.39 is 5.82 Å². The zero-order valence-corrected chi connectivity index (χ0v) is 17.9. The molecule has 3 aromatic heterocycles. The van der Waals surface area contributed by atoms with Gasteiger partial charge >= 0.3 is 0 Å². The highest BCUT2D eigenvalue weighted by molar-refractivity contribution is 7.18. The zero-order valence-electron chi connectivity index (χ0n) is 16.4. The lowest BCUT2D eigenvalue weighted by Crippen LogP contribution is -2.11. The predicted molar refractivity (Wildman–Crippen MR) is 116 cm³/mol. The number of aromatic nitrogens is 4. The summed E-state index contributed by atoms with van der Waals surface area (Å²) in [6.45, 7) is 0. The van der Waals surface area contributed by atoms with Crippen molar-refractivity contribution in [3.8, 4) is 28.8 Å². The fourth-order valence-electron chi connectivity index (χ4n) is 3.71. The first-order valence-electron chi connectivity index (χ1n) is 9.62. The molecule has 0 saturated heterocycles. The molecule has 0 bridgehead atoms. The SMILES string of the molecule is COc1cc(-c2nc3sc4c(c3c(=O)[nH]2)CCCC4)ccc1Oc1nc(Cl)ncc1F. The molecule has 10 heteroatoms. The Balaban J connectivity index is 1.54. The molecule has 0 radical (unpaired) electrons. The van der Waals surface area contributed by atoms with Crippen LogP contribution in [0.4, 0.5) is 4.39 Å². The second-order valence-corrected chi connectivity index (χ2v) is 8.49. The summed E-state index contributed by atoms with van der Waals surface area (Å²) in [7, 11) is 1.46. The van der Waals surface area contributed by atoms with Gasteiger partial charge in [0.15, 0.2) is 11.5 Å². The molecule has 0 saturated carbocycles. The summed E-state index contributed by atoms with van der Waals surface area (Å²) in [5, 5.41) is 0.562. The highest BCUT2D eigenvalue weighted by Gasteiger charge is 2.21. The van der Waals surface area contributed by atoms with Gasteiger partial charge in [-0.2, -0.15) is 9.37 Å². The number of hydrogen-bond acceptors (Lipinski definition) is 7. The predicted octanol–water partition coefficient (Wildman–Crippen LogP) is 4.91. The standard InChI is InChI=1S/C21H16ClFN4O3S/c1-29-14-8-10(6-7-13(14)30-19-12(23)9-24-21(22)27-19)17-25-18(28)16-11-4-2-3-5-15(11)31-20(16)26-17/h6-9H,2-5H2,1H3,(H,25,26,28). The van der Waals surface area contributed by atoms with Gasteiger partial charge in [-0.3, -0.25) is 4.79 Å². The number of fused-ring (bicyclic) bond motifs is 3. The number of methoxy groups -OCH3 is 1. The van der Waals surface area contributed by atoms with E-state index in [2.05, 4.69) is 15.0 Å². The van der Waals surface area contributed by atoms with Gasteiger partial charge < -0.3 is 14.5 Å². The highest BCUT2D eigenvalue weighted by Crippen LogP contribution is 2.37. The first-order chi connectivity index (χ1) is 15.0. The lowest BCUT2D eigenvalue weighted by Gasteiger charge is -2.12. The number of nitrogens with one attached hydrogen (secondary N) is 1. The molecule has 5 rings (SSSR count). The van der Waals surface area contributed by atoms with Crippen LogP contribution >= 0.6 is 22.9 Å². The molecule has 1 aliphatic rings. The van der Waals surface area contributed by atoms with Crippen molar-refractivity contribution in [1.82, 2.24) is 19.9 Å². The molecule has 0 amide bonds. The first kappa shape index (κ1) is 19.9. The summed E-state index contributed by atoms with van der Waals surface area (Å²) < 4.78 is 24.8. The molecule has 3 heterocycles. The third-order valence-electron chi connectivity index (χ3n) is 5.15. The minimum Gasteiger partial charge on any atom is -0.493 e. The molecule has 0 aliphatic heterocycles. The average Bonchev–Trinajstić information content (AvgIpc) is 3.15. The van der Waals surface area contributed by atoms with Crippen molar-refractivity contribution in [1.29, 1.82) is 0 Å². The fourth-order valence-corrected chi connectivity index (χ4v) is 5.09. The van der Waals surface area contributed by atoms with Crippen LogP contribution in [0, 0.1) is 5.82 Å². The highest BCUT2D eigenvalue weighted by atomic mass is 35.5. The fraction of sp³-hybridized carbons (Fsp3) is 0.238. The maximum atomic E-state index is 13.9. The first-order valence-corrected chi connectivity index (χ1v) is 10.8. The molecular formula is C21H16ClFN4O3S. The minimum absolute atomic E-state index is 0.138. The minimum atomic E-state index is -0.756. The number of benzene rings is 1. The molecule has 4 aromatic rings. The molecular weight excluding hydrogens is 443 g/mol. The zero-order chi connectivity index (χ0) is 21.5. The molecule has 1 aromatic carbocycles. The largest absolute Gasteiger partial charge is 0.493 e. The summed E-state index contributed by atoms with van der Waals surface area (Å²) in [5.41, 5.74) is 1.63. The lowest BCUT2D eigenvalue weighted by molar-refractivity contribution is 0.363. The van der Waals surface area contributed by atoms with Crippen LogP contribution in [0.1, 0.15) is 23.3 Å². The van der Waals surface area contributed by atoms with Crippen molar-refractivity contribution < 1.29 is 13.9 Å². The summed E-state index contributed by atoms with van der Waals surface area (Å²) in [6, 6.07) is 4.96. The van der Waals surface area contributed by atoms with Gasteiger partial charge in [0.1, 0.15) is 10.7 Å². The van der Waals surface area contributed by atoms with Crippen molar-refractivity contribution >= 4 is 33.2 Å². The van der Waals surface area contributed by atoms with E-state index in [0.29, 0.717) is 22.5 Å². The number of aromatic amines is 1. The van der Waals surface area contributed by atoms with E-state index in [1.165, 1.54) is 12.0 Å². The van der Waals surface area contributed by atoms with Gasteiger partial charge in [0.2, 0.25) is 11.1 Å². The number of aryl methyl sites for hydroxylation is 2. The van der Waals surface area contributed by atoms with Crippen LogP contribution in [-0.4, -0.2) is 27.0 Å². The number of nitrogens with zero attached hydrogens (tertiary/aromatic N) is 3. The molecule has 0 fully saturated rings. The van der Waals surface area contributed by atoms with E-state index in [4.69, 9.17) is 26.1 Å². The van der Waals surface area contributed by atoms with E-state index in [0.717, 1.165) is 42.3 Å². The molecule has 0 unspecified atom stereocenters. The Labute approximate surface area is 184 Å². The van der Waals surface area contributed by atoms with Gasteiger partial charge in [0, 0.05) is 10.4 Å². The Morgan fingerprint density at radius 3 is 2.87 bits per heavy atom. The maximum absolute atomic E-state index is 13.9. The van der Waals surface area contributed by atoms with Crippen molar-refractivity contribution in [2.24, 2.45) is 0 Å². The van der Waals surface area contributed by atoms with E-state index in [9.17, 15) is 9.18 Å². The van der Waals surface area contributed by atoms with Crippen LogP contribution in [0.25, 0.3) is 21.6 Å². The molecule has 7 nitrogen and oxygen atoms in total. The number of halogens is 2. The van der Waals surface area contributed by atoms with Crippen LogP contribution in [-0.2, 0) is 12.8 Å². The Morgan fingerprint density at radius 2 is 2.03 bits per heavy atom. The quantitative estimate of drug-likeness (QED) is 0.437. The summed E-state index contributed by atoms with van der Waals surface area (Å²) in [5.74, 6) is -0.0937. The molecule has 1 aliphatic carbocycles. The van der Waals surface area contributed by atoms with Gasteiger partial charge in [0.05, 0.1) is 18.7 Å². The van der Waals surface area contributed by atoms with Crippen molar-refractivity contribution in [3.05, 3.63) is 56.3 Å². The van der Waals surface area contributed by atoms with Crippen molar-refractivity contribution in [2.45, 2.75) is 25.7 Å². The van der Waals surface area contributed by atoms with E-state index >= 15 is 0 Å². The monoisotopic (exact) mass is 458 g/mol. The molecule has 31 heavy (non-hydrogen) atoms. The Bertz CT molecular complexity index is 1370. The number of H-pyrrole nitrogens is 1. The topological polar surface area (TPSA) is 90.0 Å². The number of thiophene rings is 1. The normalized spacial score (nSPS) is 13.3. The summed E-state index contributed by atoms with van der Waals surface area (Å²) >= 11 is 7.31. The van der Waals surface area contributed by atoms with Crippen LogP contribution in [0.5, 0.6) is 17.4 Å². The van der Waals surface area contributed by atoms with E-state index in [-0.39, 0.29) is 22.5 Å². The van der Waals surface area contributed by atoms with Gasteiger partial charge in [-0.1, -0.05) is 0 Å². The second kappa shape index (κ2) is 7.90. The molecule has 0 spiro atoms. The third kappa shape index (κ3) is 3.64. The average molecular weight is 459 g/mol. The van der Waals surface area contributed by atoms with Crippen LogP contribution in [0.3, 0.4) is 0 Å². The maximum Gasteiger partial charge on any atom is 0.260 e. The van der Waals surface area contributed by atoms with Gasteiger partial charge in [-0.15, -0.1) is 11.3 Å². The smallest absolute Gasteiger partial charge is 0.260 e. The third-order valence-corrected chi connectivity index (χ3v) is 6.52. The Kier molecular flexibility index (Phi) is 5.07. The second-order valence-electron chi connectivity index (χ2n) is 7.07. The number of ether oxygens (including phenoxy) is 2. The molecule has 158 valence electrons. The van der Waals surface area contributed by atoms with E-state index in [1.807, 2.05) is 0 Å². The lowest BCUT2D eigenvalue weighted by atomic mass is 9.97. The van der Waals surface area contributed by atoms with Gasteiger partial charge in [-0.05, 0) is 61.0 Å². The van der Waals surface area contributed by atoms with Crippen LogP contribution < -0.4 is 15.0 Å². The number of rotatable bonds is 4. The van der Waals surface area contributed by atoms with Gasteiger partial charge in [-0.25, -0.2) is 9.97 Å². The van der Waals surface area contributed by atoms with E-state index in [1.54, 1.807) is 29.5 Å². The van der Waals surface area contributed by atoms with Crippen LogP contribution in [0.2, 0.25) is 5.28 Å². The summed E-state index contributed by atoms with van der Waals surface area (Å²) in [6.07, 6.45) is 5.08. The Hall–Kier alpha value is -3.04. The number of hydrogen-bond donors (Lipinski definition) is 1. The summed E-state index contributed by atoms with van der Waals surface area (Å²) in [4.78, 5) is 29.7. The van der Waals surface area contributed by atoms with Crippen molar-refractivity contribution in [3.63, 3.8) is 0 Å². The molecule has 1 N–H and O–H groups in total. The molecule has 0 atom stereocenters. The van der Waals surface area contributed by atoms with Crippen molar-refractivity contribution in [2.75, 3.05) is 7.11 Å². The Morgan fingerprint density at radius 1 is 1.19 bits per heavy atom.